The third kappa shape index (κ3) is 6.98. The molecular formula is C17H29Cl2FN4O. The molecule has 1 amide bonds. The summed E-state index contributed by atoms with van der Waals surface area (Å²) in [5.41, 5.74) is 6.59. The first-order valence-corrected chi connectivity index (χ1v) is 8.23. The molecule has 1 aromatic rings. The summed E-state index contributed by atoms with van der Waals surface area (Å²) in [5, 5.41) is 2.96. The molecule has 1 aromatic carbocycles. The van der Waals surface area contributed by atoms with Crippen LogP contribution in [0.5, 0.6) is 0 Å². The third-order valence-electron chi connectivity index (χ3n) is 4.46. The first kappa shape index (κ1) is 23.9. The zero-order valence-electron chi connectivity index (χ0n) is 14.8. The minimum Gasteiger partial charge on any atom is -0.369 e. The number of piperazine rings is 1. The van der Waals surface area contributed by atoms with E-state index in [0.29, 0.717) is 19.0 Å². The van der Waals surface area contributed by atoms with Gasteiger partial charge in [0.1, 0.15) is 5.82 Å². The van der Waals surface area contributed by atoms with Gasteiger partial charge in [-0.25, -0.2) is 4.39 Å². The first-order valence-electron chi connectivity index (χ1n) is 8.23. The molecule has 0 radical (unpaired) electrons. The minimum absolute atomic E-state index is 0. The summed E-state index contributed by atoms with van der Waals surface area (Å²) in [6.45, 7) is 8.46. The summed E-state index contributed by atoms with van der Waals surface area (Å²) in [4.78, 5) is 16.6. The van der Waals surface area contributed by atoms with Crippen LogP contribution in [0.25, 0.3) is 0 Å². The van der Waals surface area contributed by atoms with Gasteiger partial charge in [0.25, 0.3) is 0 Å². The van der Waals surface area contributed by atoms with Crippen molar-refractivity contribution in [1.29, 1.82) is 0 Å². The number of nitrogens with zero attached hydrogens (tertiary/aromatic N) is 2. The maximum Gasteiger partial charge on any atom is 0.237 e. The number of carbonyl (C=O) groups is 1. The molecule has 0 saturated carbocycles. The second-order valence-corrected chi connectivity index (χ2v) is 6.26. The summed E-state index contributed by atoms with van der Waals surface area (Å²) >= 11 is 0. The van der Waals surface area contributed by atoms with E-state index in [-0.39, 0.29) is 42.6 Å². The van der Waals surface area contributed by atoms with E-state index >= 15 is 0 Å². The number of hydrogen-bond donors (Lipinski definition) is 2. The van der Waals surface area contributed by atoms with Gasteiger partial charge in [-0.2, -0.15) is 0 Å². The number of amides is 1. The van der Waals surface area contributed by atoms with Crippen LogP contribution in [0, 0.1) is 11.7 Å². The summed E-state index contributed by atoms with van der Waals surface area (Å²) in [7, 11) is 0. The van der Waals surface area contributed by atoms with Crippen molar-refractivity contribution in [2.75, 3.05) is 44.2 Å². The summed E-state index contributed by atoms with van der Waals surface area (Å²) in [6.07, 6.45) is 0. The van der Waals surface area contributed by atoms with Gasteiger partial charge in [0.2, 0.25) is 5.91 Å². The first-order chi connectivity index (χ1) is 11.0. The quantitative estimate of drug-likeness (QED) is 0.773. The SMILES string of the molecule is CC(CN)CNC(=O)C(C)N1CCN(c2ccc(F)cc2)CC1.Cl.Cl. The van der Waals surface area contributed by atoms with E-state index in [0.717, 1.165) is 31.9 Å². The van der Waals surface area contributed by atoms with Gasteiger partial charge in [-0.3, -0.25) is 9.69 Å². The number of anilines is 1. The van der Waals surface area contributed by atoms with Crippen molar-refractivity contribution in [3.8, 4) is 0 Å². The number of carbonyl (C=O) groups excluding carboxylic acids is 1. The summed E-state index contributed by atoms with van der Waals surface area (Å²) in [5.74, 6) is 0.131. The molecule has 25 heavy (non-hydrogen) atoms. The van der Waals surface area contributed by atoms with Gasteiger partial charge in [0.05, 0.1) is 6.04 Å². The monoisotopic (exact) mass is 394 g/mol. The van der Waals surface area contributed by atoms with E-state index in [1.807, 2.05) is 13.8 Å². The molecule has 1 saturated heterocycles. The topological polar surface area (TPSA) is 61.6 Å². The lowest BCUT2D eigenvalue weighted by Crippen LogP contribution is -2.54. The number of rotatable bonds is 6. The molecular weight excluding hydrogens is 366 g/mol. The predicted molar refractivity (Wildman–Crippen MR) is 105 cm³/mol. The highest BCUT2D eigenvalue weighted by atomic mass is 35.5. The maximum atomic E-state index is 13.0. The number of nitrogens with two attached hydrogens (primary N) is 1. The highest BCUT2D eigenvalue weighted by Gasteiger charge is 2.25. The van der Waals surface area contributed by atoms with Crippen LogP contribution in [0.4, 0.5) is 10.1 Å². The lowest BCUT2D eigenvalue weighted by molar-refractivity contribution is -0.126. The van der Waals surface area contributed by atoms with Crippen LogP contribution < -0.4 is 16.0 Å². The average Bonchev–Trinajstić information content (AvgIpc) is 2.59. The Hall–Kier alpha value is -1.08. The standard InChI is InChI=1S/C17H27FN4O.2ClH/c1-13(11-19)12-20-17(23)14(2)21-7-9-22(10-8-21)16-5-3-15(18)4-6-16;;/h3-6,13-14H,7-12,19H2,1-2H3,(H,20,23);2*1H. The largest absolute Gasteiger partial charge is 0.369 e. The Bertz CT molecular complexity index is 510. The van der Waals surface area contributed by atoms with Crippen molar-refractivity contribution in [3.05, 3.63) is 30.1 Å². The molecule has 0 aliphatic carbocycles. The fourth-order valence-corrected chi connectivity index (χ4v) is 2.69. The number of hydrogen-bond acceptors (Lipinski definition) is 4. The Morgan fingerprint density at radius 3 is 2.24 bits per heavy atom. The normalized spacial score (nSPS) is 17.0. The van der Waals surface area contributed by atoms with Gasteiger partial charge in [0.15, 0.2) is 0 Å². The van der Waals surface area contributed by atoms with E-state index in [1.54, 1.807) is 12.1 Å². The van der Waals surface area contributed by atoms with E-state index in [4.69, 9.17) is 5.73 Å². The van der Waals surface area contributed by atoms with Crippen molar-refractivity contribution < 1.29 is 9.18 Å². The van der Waals surface area contributed by atoms with E-state index in [9.17, 15) is 9.18 Å². The fourth-order valence-electron chi connectivity index (χ4n) is 2.69. The van der Waals surface area contributed by atoms with Crippen molar-refractivity contribution in [2.45, 2.75) is 19.9 Å². The van der Waals surface area contributed by atoms with Crippen LogP contribution in [0.1, 0.15) is 13.8 Å². The van der Waals surface area contributed by atoms with E-state index < -0.39 is 0 Å². The van der Waals surface area contributed by atoms with Crippen LogP contribution in [0.3, 0.4) is 0 Å². The number of halogens is 3. The van der Waals surface area contributed by atoms with Crippen LogP contribution >= 0.6 is 24.8 Å². The zero-order chi connectivity index (χ0) is 16.8. The molecule has 2 atom stereocenters. The molecule has 1 aliphatic heterocycles. The van der Waals surface area contributed by atoms with Gasteiger partial charge < -0.3 is 16.0 Å². The molecule has 1 fully saturated rings. The van der Waals surface area contributed by atoms with Gasteiger partial charge in [-0.15, -0.1) is 24.8 Å². The Labute approximate surface area is 161 Å². The van der Waals surface area contributed by atoms with Crippen molar-refractivity contribution in [1.82, 2.24) is 10.2 Å². The molecule has 0 spiro atoms. The number of nitrogens with one attached hydrogen (secondary N) is 1. The van der Waals surface area contributed by atoms with Crippen LogP contribution in [-0.4, -0.2) is 56.1 Å². The molecule has 2 rings (SSSR count). The maximum absolute atomic E-state index is 13.0. The van der Waals surface area contributed by atoms with Gasteiger partial charge >= 0.3 is 0 Å². The molecule has 5 nitrogen and oxygen atoms in total. The third-order valence-corrected chi connectivity index (χ3v) is 4.46. The Morgan fingerprint density at radius 2 is 1.72 bits per heavy atom. The molecule has 3 N–H and O–H groups in total. The van der Waals surface area contributed by atoms with Crippen molar-refractivity contribution >= 4 is 36.4 Å². The molecule has 1 heterocycles. The Morgan fingerprint density at radius 1 is 1.16 bits per heavy atom. The minimum atomic E-state index is -0.218. The highest BCUT2D eigenvalue weighted by molar-refractivity contribution is 5.85. The number of benzene rings is 1. The van der Waals surface area contributed by atoms with Gasteiger partial charge in [0, 0.05) is 38.4 Å². The van der Waals surface area contributed by atoms with Crippen molar-refractivity contribution in [3.63, 3.8) is 0 Å². The zero-order valence-corrected chi connectivity index (χ0v) is 16.4. The van der Waals surface area contributed by atoms with Gasteiger partial charge in [-0.1, -0.05) is 6.92 Å². The van der Waals surface area contributed by atoms with Crippen LogP contribution in [-0.2, 0) is 4.79 Å². The van der Waals surface area contributed by atoms with Crippen molar-refractivity contribution in [2.24, 2.45) is 11.7 Å². The molecule has 2 unspecified atom stereocenters. The summed E-state index contributed by atoms with van der Waals surface area (Å²) < 4.78 is 13.0. The lowest BCUT2D eigenvalue weighted by atomic mass is 10.1. The van der Waals surface area contributed by atoms with E-state index in [1.165, 1.54) is 12.1 Å². The summed E-state index contributed by atoms with van der Waals surface area (Å²) in [6, 6.07) is 6.42. The second-order valence-electron chi connectivity index (χ2n) is 6.26. The smallest absolute Gasteiger partial charge is 0.237 e. The Kier molecular flexibility index (Phi) is 11.0. The Balaban J connectivity index is 0.00000288. The van der Waals surface area contributed by atoms with Crippen LogP contribution in [0.2, 0.25) is 0 Å². The van der Waals surface area contributed by atoms with E-state index in [2.05, 4.69) is 15.1 Å². The van der Waals surface area contributed by atoms with Crippen LogP contribution in [0.15, 0.2) is 24.3 Å². The highest BCUT2D eigenvalue weighted by Crippen LogP contribution is 2.17. The van der Waals surface area contributed by atoms with Gasteiger partial charge in [-0.05, 0) is 43.7 Å². The fraction of sp³-hybridized carbons (Fsp3) is 0.588. The molecule has 8 heteroatoms. The molecule has 0 aromatic heterocycles. The molecule has 1 aliphatic rings. The second kappa shape index (κ2) is 11.5. The molecule has 0 bridgehead atoms. The average molecular weight is 395 g/mol. The predicted octanol–water partition coefficient (Wildman–Crippen LogP) is 1.89. The lowest BCUT2D eigenvalue weighted by Gasteiger charge is -2.38. The molecule has 144 valence electrons.